The largest absolute Gasteiger partial charge is 0.495 e. The van der Waals surface area contributed by atoms with Crippen molar-refractivity contribution >= 4 is 41.5 Å². The lowest BCUT2D eigenvalue weighted by molar-refractivity contribution is -0.123. The van der Waals surface area contributed by atoms with Gasteiger partial charge in [-0.1, -0.05) is 6.92 Å². The number of hydrogen-bond acceptors (Lipinski definition) is 8. The molecule has 174 valence electrons. The predicted molar refractivity (Wildman–Crippen MR) is 115 cm³/mol. The van der Waals surface area contributed by atoms with Crippen molar-refractivity contribution in [3.05, 3.63) is 18.2 Å². The Hall–Kier alpha value is -1.70. The van der Waals surface area contributed by atoms with Crippen LogP contribution in [0, 0.1) is 5.41 Å². The van der Waals surface area contributed by atoms with E-state index in [1.54, 1.807) is 6.92 Å². The molecule has 1 atom stereocenters. The lowest BCUT2D eigenvalue weighted by Gasteiger charge is -2.27. The average Bonchev–Trinajstić information content (AvgIpc) is 3.07. The fourth-order valence-electron chi connectivity index (χ4n) is 4.01. The van der Waals surface area contributed by atoms with Crippen LogP contribution in [0.5, 0.6) is 5.75 Å². The van der Waals surface area contributed by atoms with Crippen LogP contribution in [0.3, 0.4) is 0 Å². The van der Waals surface area contributed by atoms with E-state index in [1.807, 2.05) is 0 Å². The van der Waals surface area contributed by atoms with Gasteiger partial charge in [0, 0.05) is 12.6 Å². The zero-order valence-corrected chi connectivity index (χ0v) is 20.2. The molecule has 1 aromatic rings. The summed E-state index contributed by atoms with van der Waals surface area (Å²) < 4.78 is 82.9. The number of hydrogen-bond donors (Lipinski definition) is 0. The summed E-state index contributed by atoms with van der Waals surface area (Å²) in [6, 6.07) is 2.96. The van der Waals surface area contributed by atoms with Crippen molar-refractivity contribution < 1.29 is 34.8 Å². The number of carbonyl (C=O) groups excluding carboxylic acids is 1. The van der Waals surface area contributed by atoms with Gasteiger partial charge >= 0.3 is 0 Å². The van der Waals surface area contributed by atoms with Crippen LogP contribution in [0.15, 0.2) is 23.1 Å². The first-order valence-electron chi connectivity index (χ1n) is 9.64. The second-order valence-electron chi connectivity index (χ2n) is 8.31. The van der Waals surface area contributed by atoms with Gasteiger partial charge in [-0.25, -0.2) is 29.6 Å². The molecule has 2 aliphatic rings. The molecule has 2 fully saturated rings. The first kappa shape index (κ1) is 24.0. The second-order valence-corrected chi connectivity index (χ2v) is 14.2. The molecule has 0 saturated carbocycles. The summed E-state index contributed by atoms with van der Waals surface area (Å²) in [5, 5.41) is 0. The summed E-state index contributed by atoms with van der Waals surface area (Å²) in [5.74, 6) is -1.47. The molecule has 0 spiro atoms. The van der Waals surface area contributed by atoms with Crippen LogP contribution in [0.2, 0.25) is 0 Å². The standard InChI is InChI=1S/C18H26N2O8S3/c1-5-19(14-8-9-29(22,23)11-14)31(26,27)16-10-13(6-7-15(16)28-4)20-17(21)18(2,3)12-30(20,24)25/h6-7,10,14H,5,8-9,11-12H2,1-4H3. The first-order valence-corrected chi connectivity index (χ1v) is 14.5. The second kappa shape index (κ2) is 7.71. The molecule has 1 unspecified atom stereocenters. The molecule has 0 aromatic heterocycles. The van der Waals surface area contributed by atoms with Crippen molar-refractivity contribution in [2.45, 2.75) is 38.1 Å². The minimum atomic E-state index is -4.25. The van der Waals surface area contributed by atoms with Crippen molar-refractivity contribution in [3.63, 3.8) is 0 Å². The van der Waals surface area contributed by atoms with Gasteiger partial charge in [0.1, 0.15) is 10.6 Å². The topological polar surface area (TPSA) is 135 Å². The summed E-state index contributed by atoms with van der Waals surface area (Å²) in [7, 11) is -10.3. The van der Waals surface area contributed by atoms with Crippen molar-refractivity contribution in [3.8, 4) is 5.75 Å². The number of nitrogens with zero attached hydrogens (tertiary/aromatic N) is 2. The highest BCUT2D eigenvalue weighted by Gasteiger charge is 2.50. The SMILES string of the molecule is CCN(C1CCS(=O)(=O)C1)S(=O)(=O)c1cc(N2C(=O)C(C)(C)CS2(=O)=O)ccc1OC. The number of rotatable bonds is 6. The van der Waals surface area contributed by atoms with Crippen LogP contribution in [-0.2, 0) is 34.7 Å². The number of ether oxygens (including phenoxy) is 1. The molecule has 1 amide bonds. The molecule has 2 aliphatic heterocycles. The Labute approximate surface area is 183 Å². The fourth-order valence-corrected chi connectivity index (χ4v) is 9.77. The van der Waals surface area contributed by atoms with E-state index < -0.39 is 53.0 Å². The van der Waals surface area contributed by atoms with Gasteiger partial charge in [0.25, 0.3) is 0 Å². The normalized spacial score (nSPS) is 24.6. The third-order valence-electron chi connectivity index (χ3n) is 5.48. The molecule has 31 heavy (non-hydrogen) atoms. The summed E-state index contributed by atoms with van der Waals surface area (Å²) >= 11 is 0. The van der Waals surface area contributed by atoms with E-state index in [4.69, 9.17) is 4.74 Å². The van der Waals surface area contributed by atoms with Crippen molar-refractivity contribution in [1.82, 2.24) is 4.31 Å². The van der Waals surface area contributed by atoms with Gasteiger partial charge < -0.3 is 4.74 Å². The Bertz CT molecular complexity index is 1220. The Morgan fingerprint density at radius 3 is 2.32 bits per heavy atom. The molecule has 1 aromatic carbocycles. The molecule has 3 rings (SSSR count). The fraction of sp³-hybridized carbons (Fsp3) is 0.611. The van der Waals surface area contributed by atoms with Crippen LogP contribution in [0.1, 0.15) is 27.2 Å². The molecule has 0 bridgehead atoms. The van der Waals surface area contributed by atoms with E-state index in [0.717, 1.165) is 10.4 Å². The molecule has 0 radical (unpaired) electrons. The molecule has 13 heteroatoms. The smallest absolute Gasteiger partial charge is 0.247 e. The third kappa shape index (κ3) is 4.20. The molecule has 10 nitrogen and oxygen atoms in total. The van der Waals surface area contributed by atoms with Crippen LogP contribution >= 0.6 is 0 Å². The lowest BCUT2D eigenvalue weighted by atomic mass is 9.95. The maximum absolute atomic E-state index is 13.5. The quantitative estimate of drug-likeness (QED) is 0.561. The van der Waals surface area contributed by atoms with Gasteiger partial charge in [0.15, 0.2) is 9.84 Å². The number of carbonyl (C=O) groups is 1. The van der Waals surface area contributed by atoms with Gasteiger partial charge in [-0.3, -0.25) is 4.79 Å². The Balaban J connectivity index is 2.12. The van der Waals surface area contributed by atoms with E-state index >= 15 is 0 Å². The Kier molecular flexibility index (Phi) is 5.96. The van der Waals surface area contributed by atoms with Crippen molar-refractivity contribution in [2.24, 2.45) is 5.41 Å². The summed E-state index contributed by atoms with van der Waals surface area (Å²) in [5.41, 5.74) is -1.25. The summed E-state index contributed by atoms with van der Waals surface area (Å²) in [6.07, 6.45) is 0.171. The number of anilines is 1. The van der Waals surface area contributed by atoms with Crippen LogP contribution in [0.4, 0.5) is 5.69 Å². The van der Waals surface area contributed by atoms with E-state index in [-0.39, 0.29) is 40.8 Å². The lowest BCUT2D eigenvalue weighted by Crippen LogP contribution is -2.41. The number of sulfonamides is 2. The molecule has 2 heterocycles. The van der Waals surface area contributed by atoms with Gasteiger partial charge in [-0.05, 0) is 38.5 Å². The van der Waals surface area contributed by atoms with E-state index in [0.29, 0.717) is 4.31 Å². The summed E-state index contributed by atoms with van der Waals surface area (Å²) in [6.45, 7) is 4.63. The van der Waals surface area contributed by atoms with Gasteiger partial charge in [-0.15, -0.1) is 0 Å². The van der Waals surface area contributed by atoms with Gasteiger partial charge in [0.2, 0.25) is 26.0 Å². The average molecular weight is 495 g/mol. The number of benzene rings is 1. The minimum absolute atomic E-state index is 0.0177. The van der Waals surface area contributed by atoms with Gasteiger partial charge in [0.05, 0.1) is 35.5 Å². The molecular formula is C18H26N2O8S3. The first-order chi connectivity index (χ1) is 14.2. The highest BCUT2D eigenvalue weighted by molar-refractivity contribution is 7.94. The van der Waals surface area contributed by atoms with E-state index in [2.05, 4.69) is 0 Å². The monoisotopic (exact) mass is 494 g/mol. The van der Waals surface area contributed by atoms with Crippen molar-refractivity contribution in [1.29, 1.82) is 0 Å². The number of methoxy groups -OCH3 is 1. The third-order valence-corrected chi connectivity index (χ3v) is 11.3. The number of sulfone groups is 1. The van der Waals surface area contributed by atoms with Crippen LogP contribution in [0.25, 0.3) is 0 Å². The minimum Gasteiger partial charge on any atom is -0.495 e. The van der Waals surface area contributed by atoms with Crippen molar-refractivity contribution in [2.75, 3.05) is 35.2 Å². The molecule has 2 saturated heterocycles. The number of amides is 1. The highest BCUT2D eigenvalue weighted by atomic mass is 32.2. The van der Waals surface area contributed by atoms with Gasteiger partial charge in [-0.2, -0.15) is 4.31 Å². The molecule has 0 N–H and O–H groups in total. The maximum atomic E-state index is 13.5. The zero-order valence-electron chi connectivity index (χ0n) is 17.7. The molecular weight excluding hydrogens is 468 g/mol. The highest BCUT2D eigenvalue weighted by Crippen LogP contribution is 2.39. The summed E-state index contributed by atoms with van der Waals surface area (Å²) in [4.78, 5) is 12.4. The van der Waals surface area contributed by atoms with E-state index in [9.17, 15) is 30.0 Å². The maximum Gasteiger partial charge on any atom is 0.247 e. The van der Waals surface area contributed by atoms with Crippen LogP contribution in [-0.4, -0.2) is 72.4 Å². The Morgan fingerprint density at radius 1 is 1.23 bits per heavy atom. The predicted octanol–water partition coefficient (Wildman–Crippen LogP) is 0.596. The Morgan fingerprint density at radius 2 is 1.87 bits per heavy atom. The van der Waals surface area contributed by atoms with Crippen LogP contribution < -0.4 is 9.04 Å². The van der Waals surface area contributed by atoms with E-state index in [1.165, 1.54) is 33.1 Å². The molecule has 0 aliphatic carbocycles. The zero-order chi connectivity index (χ0) is 23.4.